The van der Waals surface area contributed by atoms with Crippen molar-refractivity contribution in [1.82, 2.24) is 16.0 Å². The molecule has 1 rings (SSSR count). The summed E-state index contributed by atoms with van der Waals surface area (Å²) in [7, 11) is 1.58. The zero-order valence-electron chi connectivity index (χ0n) is 14.7. The van der Waals surface area contributed by atoms with E-state index in [2.05, 4.69) is 27.9 Å². The molecule has 136 valence electrons. The van der Waals surface area contributed by atoms with Gasteiger partial charge in [0.1, 0.15) is 5.75 Å². The molecule has 7 heteroatoms. The highest BCUT2D eigenvalue weighted by molar-refractivity contribution is 14.0. The molecule has 0 unspecified atom stereocenters. The summed E-state index contributed by atoms with van der Waals surface area (Å²) in [6, 6.07) is 7.10. The maximum absolute atomic E-state index is 12.1. The maximum atomic E-state index is 12.1. The van der Waals surface area contributed by atoms with Crippen LogP contribution in [0, 0.1) is 0 Å². The van der Waals surface area contributed by atoms with Crippen LogP contribution in [-0.2, 0) is 0 Å². The number of rotatable bonds is 9. The average Bonchev–Trinajstić information content (AvgIpc) is 2.58. The van der Waals surface area contributed by atoms with Crippen LogP contribution in [0.5, 0.6) is 5.75 Å². The number of benzene rings is 1. The Hall–Kier alpha value is -1.51. The molecular formula is C17H29IN4O2. The number of unbranched alkanes of at least 4 members (excludes halogenated alkanes) is 1. The molecular weight excluding hydrogens is 419 g/mol. The minimum absolute atomic E-state index is 0. The van der Waals surface area contributed by atoms with E-state index in [9.17, 15) is 4.79 Å². The van der Waals surface area contributed by atoms with Gasteiger partial charge in [-0.2, -0.15) is 0 Å². The van der Waals surface area contributed by atoms with Gasteiger partial charge in [-0.3, -0.25) is 9.79 Å². The molecule has 0 aliphatic heterocycles. The molecule has 0 saturated carbocycles. The number of carbonyl (C=O) groups excluding carboxylic acids is 1. The number of halogens is 1. The van der Waals surface area contributed by atoms with Gasteiger partial charge in [0.15, 0.2) is 5.96 Å². The third-order valence-electron chi connectivity index (χ3n) is 3.16. The molecule has 24 heavy (non-hydrogen) atoms. The van der Waals surface area contributed by atoms with Gasteiger partial charge < -0.3 is 20.7 Å². The van der Waals surface area contributed by atoms with Crippen molar-refractivity contribution in [3.63, 3.8) is 0 Å². The summed E-state index contributed by atoms with van der Waals surface area (Å²) in [5.41, 5.74) is 0.591. The Balaban J connectivity index is 0.00000529. The van der Waals surface area contributed by atoms with E-state index in [1.54, 1.807) is 25.3 Å². The molecule has 0 saturated heterocycles. The summed E-state index contributed by atoms with van der Waals surface area (Å²) in [5, 5.41) is 9.27. The van der Waals surface area contributed by atoms with Crippen molar-refractivity contribution in [2.24, 2.45) is 4.99 Å². The number of methoxy groups -OCH3 is 1. The number of hydrogen-bond donors (Lipinski definition) is 3. The summed E-state index contributed by atoms with van der Waals surface area (Å²) in [4.78, 5) is 16.5. The van der Waals surface area contributed by atoms with Crippen molar-refractivity contribution in [1.29, 1.82) is 0 Å². The Bertz CT molecular complexity index is 509. The molecule has 6 nitrogen and oxygen atoms in total. The van der Waals surface area contributed by atoms with E-state index >= 15 is 0 Å². The first-order chi connectivity index (χ1) is 11.2. The Morgan fingerprint density at radius 2 is 1.92 bits per heavy atom. The number of ether oxygens (including phenoxy) is 1. The SMILES string of the molecule is CCCCN=C(NCC)NCCNC(=O)c1cccc(OC)c1.I. The monoisotopic (exact) mass is 448 g/mol. The van der Waals surface area contributed by atoms with Crippen LogP contribution in [0.3, 0.4) is 0 Å². The molecule has 0 aliphatic carbocycles. The summed E-state index contributed by atoms with van der Waals surface area (Å²) in [6.07, 6.45) is 2.20. The molecule has 1 aromatic rings. The second-order valence-corrected chi connectivity index (χ2v) is 5.03. The van der Waals surface area contributed by atoms with Crippen molar-refractivity contribution >= 4 is 35.8 Å². The first-order valence-electron chi connectivity index (χ1n) is 8.15. The van der Waals surface area contributed by atoms with Crippen LogP contribution in [0.15, 0.2) is 29.3 Å². The summed E-state index contributed by atoms with van der Waals surface area (Å²) < 4.78 is 5.12. The molecule has 1 amide bonds. The predicted octanol–water partition coefficient (Wildman–Crippen LogP) is 2.40. The maximum Gasteiger partial charge on any atom is 0.251 e. The van der Waals surface area contributed by atoms with Crippen LogP contribution >= 0.6 is 24.0 Å². The van der Waals surface area contributed by atoms with E-state index < -0.39 is 0 Å². The largest absolute Gasteiger partial charge is 0.497 e. The number of nitrogens with one attached hydrogen (secondary N) is 3. The van der Waals surface area contributed by atoms with Crippen molar-refractivity contribution in [2.45, 2.75) is 26.7 Å². The van der Waals surface area contributed by atoms with Gasteiger partial charge in [0.25, 0.3) is 5.91 Å². The fraction of sp³-hybridized carbons (Fsp3) is 0.529. The summed E-state index contributed by atoms with van der Waals surface area (Å²) in [5.74, 6) is 1.35. The molecule has 0 aromatic heterocycles. The number of amides is 1. The lowest BCUT2D eigenvalue weighted by molar-refractivity contribution is 0.0954. The number of guanidine groups is 1. The van der Waals surface area contributed by atoms with Crippen molar-refractivity contribution in [3.8, 4) is 5.75 Å². The van der Waals surface area contributed by atoms with E-state index in [0.717, 1.165) is 31.9 Å². The highest BCUT2D eigenvalue weighted by Gasteiger charge is 2.05. The highest BCUT2D eigenvalue weighted by atomic mass is 127. The third-order valence-corrected chi connectivity index (χ3v) is 3.16. The molecule has 0 spiro atoms. The molecule has 0 aliphatic rings. The van der Waals surface area contributed by atoms with Crippen molar-refractivity contribution in [3.05, 3.63) is 29.8 Å². The van der Waals surface area contributed by atoms with Gasteiger partial charge in [0.2, 0.25) is 0 Å². The fourth-order valence-electron chi connectivity index (χ4n) is 1.91. The van der Waals surface area contributed by atoms with Gasteiger partial charge in [-0.15, -0.1) is 24.0 Å². The van der Waals surface area contributed by atoms with Gasteiger partial charge in [-0.05, 0) is 31.5 Å². The molecule has 3 N–H and O–H groups in total. The summed E-state index contributed by atoms with van der Waals surface area (Å²) >= 11 is 0. The van der Waals surface area contributed by atoms with Gasteiger partial charge in [0.05, 0.1) is 7.11 Å². The Morgan fingerprint density at radius 1 is 1.17 bits per heavy atom. The van der Waals surface area contributed by atoms with Gasteiger partial charge in [-0.1, -0.05) is 19.4 Å². The van der Waals surface area contributed by atoms with Crippen LogP contribution in [0.1, 0.15) is 37.0 Å². The van der Waals surface area contributed by atoms with Crippen LogP contribution in [-0.4, -0.2) is 45.2 Å². The first-order valence-corrected chi connectivity index (χ1v) is 8.15. The number of nitrogens with zero attached hydrogens (tertiary/aromatic N) is 1. The molecule has 0 fully saturated rings. The zero-order valence-corrected chi connectivity index (χ0v) is 17.1. The molecule has 0 radical (unpaired) electrons. The van der Waals surface area contributed by atoms with E-state index in [-0.39, 0.29) is 29.9 Å². The number of carbonyl (C=O) groups is 1. The quantitative estimate of drug-likeness (QED) is 0.235. The third kappa shape index (κ3) is 8.95. The van der Waals surface area contributed by atoms with Gasteiger partial charge in [0, 0.05) is 31.7 Å². The van der Waals surface area contributed by atoms with Crippen LogP contribution in [0.4, 0.5) is 0 Å². The van der Waals surface area contributed by atoms with Crippen LogP contribution < -0.4 is 20.7 Å². The number of hydrogen-bond acceptors (Lipinski definition) is 3. The second kappa shape index (κ2) is 13.9. The second-order valence-electron chi connectivity index (χ2n) is 5.03. The zero-order chi connectivity index (χ0) is 16.9. The normalized spacial score (nSPS) is 10.5. The molecule has 0 heterocycles. The minimum Gasteiger partial charge on any atom is -0.497 e. The summed E-state index contributed by atoms with van der Waals surface area (Å²) in [6.45, 7) is 6.93. The highest BCUT2D eigenvalue weighted by Crippen LogP contribution is 2.12. The molecule has 1 aromatic carbocycles. The van der Waals surface area contributed by atoms with Gasteiger partial charge in [-0.25, -0.2) is 0 Å². The van der Waals surface area contributed by atoms with E-state index in [1.807, 2.05) is 13.0 Å². The minimum atomic E-state index is -0.112. The fourth-order valence-corrected chi connectivity index (χ4v) is 1.91. The van der Waals surface area contributed by atoms with Crippen molar-refractivity contribution < 1.29 is 9.53 Å². The predicted molar refractivity (Wildman–Crippen MR) is 110 cm³/mol. The Labute approximate surface area is 161 Å². The topological polar surface area (TPSA) is 74.8 Å². The molecule has 0 bridgehead atoms. The molecule has 0 atom stereocenters. The lowest BCUT2D eigenvalue weighted by atomic mass is 10.2. The average molecular weight is 448 g/mol. The van der Waals surface area contributed by atoms with E-state index in [4.69, 9.17) is 4.74 Å². The Morgan fingerprint density at radius 3 is 2.58 bits per heavy atom. The van der Waals surface area contributed by atoms with Crippen LogP contribution in [0.25, 0.3) is 0 Å². The van der Waals surface area contributed by atoms with Gasteiger partial charge >= 0.3 is 0 Å². The van der Waals surface area contributed by atoms with E-state index in [1.165, 1.54) is 0 Å². The first kappa shape index (κ1) is 22.5. The smallest absolute Gasteiger partial charge is 0.251 e. The standard InChI is InChI=1S/C17H28N4O2.HI/c1-4-6-10-20-17(18-5-2)21-12-11-19-16(22)14-8-7-9-15(13-14)23-3;/h7-9,13H,4-6,10-12H2,1-3H3,(H,19,22)(H2,18,20,21);1H. The van der Waals surface area contributed by atoms with Crippen molar-refractivity contribution in [2.75, 3.05) is 33.3 Å². The van der Waals surface area contributed by atoms with E-state index in [0.29, 0.717) is 24.4 Å². The van der Waals surface area contributed by atoms with Crippen LogP contribution in [0.2, 0.25) is 0 Å². The Kier molecular flexibility index (Phi) is 13.0. The lowest BCUT2D eigenvalue weighted by Gasteiger charge is -2.12. The number of aliphatic imine (C=N–C) groups is 1. The lowest BCUT2D eigenvalue weighted by Crippen LogP contribution is -2.41.